The molecule has 2 fully saturated rings. The molecule has 0 radical (unpaired) electrons. The van der Waals surface area contributed by atoms with Gasteiger partial charge in [-0.15, -0.1) is 0 Å². The van der Waals surface area contributed by atoms with Gasteiger partial charge in [0.2, 0.25) is 0 Å². The number of carboxylic acid groups (broad SMARTS) is 1. The molecule has 13 N–H and O–H groups in total. The summed E-state index contributed by atoms with van der Waals surface area (Å²) >= 11 is 0. The number of esters is 1. The molecule has 0 aromatic carbocycles. The van der Waals surface area contributed by atoms with E-state index in [4.69, 9.17) is 24.7 Å². The number of nitrogens with two attached hydrogens (primary N) is 1. The fourth-order valence-electron chi connectivity index (χ4n) is 7.97. The normalized spacial score (nSPS) is 45.5. The van der Waals surface area contributed by atoms with Gasteiger partial charge >= 0.3 is 11.9 Å². The molecule has 2 bridgehead atoms. The molecule has 368 valence electrons. The van der Waals surface area contributed by atoms with Gasteiger partial charge in [0, 0.05) is 37.5 Å². The van der Waals surface area contributed by atoms with E-state index >= 15 is 0 Å². The van der Waals surface area contributed by atoms with Gasteiger partial charge in [-0.2, -0.15) is 0 Å². The minimum atomic E-state index is -2.33. The van der Waals surface area contributed by atoms with E-state index in [1.165, 1.54) is 13.0 Å². The van der Waals surface area contributed by atoms with Crippen LogP contribution in [0.2, 0.25) is 0 Å². The third-order valence-corrected chi connectivity index (χ3v) is 12.0. The molecule has 0 aliphatic carbocycles. The molecule has 3 aliphatic rings. The maximum Gasteiger partial charge on any atom is 0.311 e. The highest BCUT2D eigenvalue weighted by molar-refractivity contribution is 5.71. The number of carbonyl (C=O) groups is 2. The maximum absolute atomic E-state index is 12.6. The number of hydrogen-bond donors (Lipinski definition) is 12. The Labute approximate surface area is 381 Å². The molecule has 19 unspecified atom stereocenters. The third-order valence-electron chi connectivity index (χ3n) is 12.0. The Bertz CT molecular complexity index is 1670. The van der Waals surface area contributed by atoms with Crippen molar-refractivity contribution in [1.29, 1.82) is 0 Å². The van der Waals surface area contributed by atoms with E-state index in [0.717, 1.165) is 0 Å². The second kappa shape index (κ2) is 27.4. The highest BCUT2D eigenvalue weighted by Gasteiger charge is 2.51. The van der Waals surface area contributed by atoms with Crippen LogP contribution in [0, 0.1) is 17.8 Å². The van der Waals surface area contributed by atoms with Crippen LogP contribution in [-0.4, -0.2) is 166 Å². The summed E-state index contributed by atoms with van der Waals surface area (Å²) < 4.78 is 23.1. The van der Waals surface area contributed by atoms with Crippen molar-refractivity contribution in [3.8, 4) is 0 Å². The summed E-state index contributed by atoms with van der Waals surface area (Å²) in [6, 6.07) is -1.15. The zero-order chi connectivity index (χ0) is 48.4. The van der Waals surface area contributed by atoms with Crippen molar-refractivity contribution < 1.29 is 84.7 Å². The van der Waals surface area contributed by atoms with Gasteiger partial charge in [-0.05, 0) is 33.1 Å². The zero-order valence-electron chi connectivity index (χ0n) is 37.6. The van der Waals surface area contributed by atoms with Crippen molar-refractivity contribution in [3.63, 3.8) is 0 Å². The smallest absolute Gasteiger partial charge is 0.311 e. The van der Waals surface area contributed by atoms with Gasteiger partial charge in [0.25, 0.3) is 0 Å². The van der Waals surface area contributed by atoms with E-state index in [1.807, 2.05) is 19.1 Å². The van der Waals surface area contributed by atoms with Crippen molar-refractivity contribution in [3.05, 3.63) is 85.1 Å². The number of rotatable bonds is 3. The van der Waals surface area contributed by atoms with Crippen molar-refractivity contribution in [2.75, 3.05) is 0 Å². The molecule has 0 aromatic rings. The number of fused-ring (bicyclic) bond motifs is 2. The molecular formula is C47H73NO17. The van der Waals surface area contributed by atoms with Crippen LogP contribution in [0.1, 0.15) is 79.1 Å². The average molecular weight is 924 g/mol. The molecule has 3 heterocycles. The number of carboxylic acids is 1. The van der Waals surface area contributed by atoms with E-state index in [2.05, 4.69) is 0 Å². The van der Waals surface area contributed by atoms with Gasteiger partial charge < -0.3 is 80.9 Å². The molecule has 18 heteroatoms. The van der Waals surface area contributed by atoms with Crippen LogP contribution in [0.5, 0.6) is 0 Å². The SMILES string of the molecule is CC1\C=C/C=C\C=C/C=C/C=C/C=C/C=C/C(OC2OC(C)C(O)C(N)C2O)CC2OC(O)(CC(O)CC(O)C(O)CCC(O)CC(O)CC(=O)OC(C)C(C)C1O)CC(O)C2C(=O)O. The summed E-state index contributed by atoms with van der Waals surface area (Å²) in [5, 5.41) is 118. The topological polar surface area (TPSA) is 320 Å². The first-order valence-corrected chi connectivity index (χ1v) is 22.3. The molecule has 19 atom stereocenters. The Hall–Kier alpha value is -3.44. The van der Waals surface area contributed by atoms with Crippen LogP contribution in [0.4, 0.5) is 0 Å². The summed E-state index contributed by atoms with van der Waals surface area (Å²) in [6.45, 7) is 6.74. The highest BCUT2D eigenvalue weighted by atomic mass is 16.7. The van der Waals surface area contributed by atoms with E-state index in [-0.39, 0.29) is 31.6 Å². The number of allylic oxidation sites excluding steroid dienone is 12. The molecule has 3 rings (SSSR count). The van der Waals surface area contributed by atoms with Crippen molar-refractivity contribution in [1.82, 2.24) is 0 Å². The van der Waals surface area contributed by atoms with Crippen LogP contribution in [-0.2, 0) is 28.5 Å². The predicted molar refractivity (Wildman–Crippen MR) is 237 cm³/mol. The molecule has 65 heavy (non-hydrogen) atoms. The lowest BCUT2D eigenvalue weighted by Crippen LogP contribution is -2.61. The summed E-state index contributed by atoms with van der Waals surface area (Å²) in [5.41, 5.74) is 6.02. The predicted octanol–water partition coefficient (Wildman–Crippen LogP) is 0.712. The van der Waals surface area contributed by atoms with Crippen molar-refractivity contribution in [2.24, 2.45) is 23.5 Å². The Morgan fingerprint density at radius 1 is 0.662 bits per heavy atom. The van der Waals surface area contributed by atoms with Gasteiger partial charge in [0.05, 0.1) is 79.6 Å². The highest BCUT2D eigenvalue weighted by Crippen LogP contribution is 2.38. The lowest BCUT2D eigenvalue weighted by Gasteiger charge is -2.45. The Balaban J connectivity index is 1.86. The minimum Gasteiger partial charge on any atom is -0.481 e. The lowest BCUT2D eigenvalue weighted by atomic mass is 9.82. The second-order valence-electron chi connectivity index (χ2n) is 17.6. The number of cyclic esters (lactones) is 1. The van der Waals surface area contributed by atoms with E-state index < -0.39 is 147 Å². The molecule has 0 amide bonds. The van der Waals surface area contributed by atoms with Crippen molar-refractivity contribution >= 4 is 11.9 Å². The summed E-state index contributed by atoms with van der Waals surface area (Å²) in [4.78, 5) is 25.1. The second-order valence-corrected chi connectivity index (χ2v) is 17.6. The number of ether oxygens (including phenoxy) is 4. The first-order chi connectivity index (χ1) is 30.6. The number of aliphatic hydroxyl groups excluding tert-OH is 9. The zero-order valence-corrected chi connectivity index (χ0v) is 37.6. The molecule has 2 saturated heterocycles. The number of hydrogen-bond acceptors (Lipinski definition) is 17. The van der Waals surface area contributed by atoms with Crippen LogP contribution < -0.4 is 5.73 Å². The van der Waals surface area contributed by atoms with Gasteiger partial charge in [-0.1, -0.05) is 98.9 Å². The molecule has 0 aromatic heterocycles. The summed E-state index contributed by atoms with van der Waals surface area (Å²) in [7, 11) is 0. The summed E-state index contributed by atoms with van der Waals surface area (Å²) in [5.74, 6) is -6.83. The van der Waals surface area contributed by atoms with Crippen LogP contribution in [0.3, 0.4) is 0 Å². The van der Waals surface area contributed by atoms with Crippen molar-refractivity contribution in [2.45, 2.75) is 177 Å². The quantitative estimate of drug-likeness (QED) is 0.174. The van der Waals surface area contributed by atoms with Gasteiger partial charge in [0.1, 0.15) is 18.1 Å². The van der Waals surface area contributed by atoms with Crippen LogP contribution in [0.15, 0.2) is 85.1 Å². The first kappa shape index (κ1) is 55.9. The lowest BCUT2D eigenvalue weighted by molar-refractivity contribution is -0.308. The Kier molecular flexibility index (Phi) is 23.6. The standard InChI is InChI=1S/C47H73NO17/c1-27-17-15-13-11-9-7-5-6-8-10-12-14-16-18-34(64-46-44(58)41(48)43(57)30(4)63-46)24-38-40(45(59)60)37(54)26-47(61,65-38)25-33(51)22-36(53)35(52)20-19-31(49)21-32(50)23-39(55)62-29(3)28(2)42(27)56/h5-18,27-38,40-44,46,49-54,56-58,61H,19-26,48H2,1-4H3,(H,59,60)/b6-5+,9-7-,10-8+,13-11-,14-12+,17-15-,18-16+. The maximum atomic E-state index is 12.6. The first-order valence-electron chi connectivity index (χ1n) is 22.3. The number of aliphatic hydroxyl groups is 10. The van der Waals surface area contributed by atoms with E-state index in [9.17, 15) is 65.8 Å². The molecule has 18 nitrogen and oxygen atoms in total. The third kappa shape index (κ3) is 18.6. The van der Waals surface area contributed by atoms with Gasteiger partial charge in [-0.3, -0.25) is 9.59 Å². The Morgan fingerprint density at radius 2 is 1.23 bits per heavy atom. The van der Waals surface area contributed by atoms with Gasteiger partial charge in [-0.25, -0.2) is 0 Å². The number of aliphatic carboxylic acids is 1. The fraction of sp³-hybridized carbons (Fsp3) is 0.660. The minimum absolute atomic E-state index is 0.107. The Morgan fingerprint density at radius 3 is 1.82 bits per heavy atom. The van der Waals surface area contributed by atoms with Gasteiger partial charge in [0.15, 0.2) is 12.1 Å². The van der Waals surface area contributed by atoms with E-state index in [0.29, 0.717) is 0 Å². The average Bonchev–Trinajstić information content (AvgIpc) is 3.21. The number of carbonyl (C=O) groups excluding carboxylic acids is 1. The molecule has 0 saturated carbocycles. The molecule has 0 spiro atoms. The summed E-state index contributed by atoms with van der Waals surface area (Å²) in [6.07, 6.45) is 3.46. The molecular weight excluding hydrogens is 851 g/mol. The van der Waals surface area contributed by atoms with E-state index in [1.54, 1.807) is 80.7 Å². The molecule has 3 aliphatic heterocycles. The largest absolute Gasteiger partial charge is 0.481 e. The fourth-order valence-corrected chi connectivity index (χ4v) is 7.97. The van der Waals surface area contributed by atoms with Crippen LogP contribution in [0.25, 0.3) is 0 Å². The monoisotopic (exact) mass is 923 g/mol. The van der Waals surface area contributed by atoms with Crippen LogP contribution >= 0.6 is 0 Å².